The van der Waals surface area contributed by atoms with E-state index in [1.54, 1.807) is 7.05 Å². The largest absolute Gasteiger partial charge is 0.359 e. The van der Waals surface area contributed by atoms with Gasteiger partial charge < -0.3 is 10.2 Å². The lowest BCUT2D eigenvalue weighted by atomic mass is 9.96. The minimum absolute atomic E-state index is 0.0893. The van der Waals surface area contributed by atoms with Crippen molar-refractivity contribution in [2.45, 2.75) is 12.8 Å². The van der Waals surface area contributed by atoms with E-state index >= 15 is 0 Å². The molecule has 1 fully saturated rings. The van der Waals surface area contributed by atoms with E-state index in [1.807, 2.05) is 30.3 Å². The number of aromatic nitrogens is 2. The normalized spacial score (nSPS) is 15.3. The van der Waals surface area contributed by atoms with Crippen LogP contribution in [0.1, 0.15) is 12.8 Å². The molecule has 1 N–H and O–H groups in total. The third-order valence-electron chi connectivity index (χ3n) is 5.86. The fourth-order valence-corrected chi connectivity index (χ4v) is 4.15. The van der Waals surface area contributed by atoms with Crippen molar-refractivity contribution in [3.63, 3.8) is 0 Å². The summed E-state index contributed by atoms with van der Waals surface area (Å²) in [6.07, 6.45) is 2.19. The number of piperidine rings is 1. The van der Waals surface area contributed by atoms with Crippen molar-refractivity contribution in [1.82, 2.24) is 20.2 Å². The highest BCUT2D eigenvalue weighted by atomic mass is 16.1. The van der Waals surface area contributed by atoms with E-state index in [0.717, 1.165) is 60.6 Å². The van der Waals surface area contributed by atoms with Crippen LogP contribution >= 0.6 is 0 Å². The number of hydrogen-bond acceptors (Lipinski definition) is 5. The van der Waals surface area contributed by atoms with Gasteiger partial charge in [0.25, 0.3) is 0 Å². The quantitative estimate of drug-likeness (QED) is 0.685. The number of carbonyl (C=O) groups excluding carboxylic acids is 1. The van der Waals surface area contributed by atoms with E-state index in [2.05, 4.69) is 46.4 Å². The van der Waals surface area contributed by atoms with Crippen LogP contribution in [0.5, 0.6) is 0 Å². The Morgan fingerprint density at radius 3 is 2.50 bits per heavy atom. The number of likely N-dealkylation sites (N-methyl/N-ethyl adjacent to an activating group) is 1. The van der Waals surface area contributed by atoms with E-state index < -0.39 is 0 Å². The Morgan fingerprint density at radius 2 is 1.77 bits per heavy atom. The lowest BCUT2D eigenvalue weighted by Crippen LogP contribution is -2.42. The van der Waals surface area contributed by atoms with Gasteiger partial charge >= 0.3 is 0 Å². The van der Waals surface area contributed by atoms with Crippen LogP contribution in [-0.2, 0) is 4.79 Å². The van der Waals surface area contributed by atoms with Gasteiger partial charge in [0.2, 0.25) is 5.91 Å². The topological polar surface area (TPSA) is 61.4 Å². The number of nitrogens with zero attached hydrogens (tertiary/aromatic N) is 4. The number of carbonyl (C=O) groups is 1. The van der Waals surface area contributed by atoms with E-state index in [1.165, 1.54) is 0 Å². The predicted octanol–water partition coefficient (Wildman–Crippen LogP) is 3.19. The average Bonchev–Trinajstić information content (AvgIpc) is 2.80. The highest BCUT2D eigenvalue weighted by Gasteiger charge is 2.23. The summed E-state index contributed by atoms with van der Waals surface area (Å²) in [5.74, 6) is 2.42. The van der Waals surface area contributed by atoms with Crippen LogP contribution in [0, 0.1) is 5.92 Å². The molecule has 2 heterocycles. The Kier molecular flexibility index (Phi) is 6.23. The first-order valence-electron chi connectivity index (χ1n) is 10.6. The number of para-hydroxylation sites is 1. The number of amides is 1. The molecule has 30 heavy (non-hydrogen) atoms. The number of benzene rings is 2. The van der Waals surface area contributed by atoms with Gasteiger partial charge in [-0.15, -0.1) is 0 Å². The predicted molar refractivity (Wildman–Crippen MR) is 121 cm³/mol. The number of likely N-dealkylation sites (tertiary alicyclic amines) is 1. The third-order valence-corrected chi connectivity index (χ3v) is 5.86. The Balaban J connectivity index is 1.52. The number of nitrogens with one attached hydrogen (secondary N) is 1. The fraction of sp³-hybridized carbons (Fsp3) is 0.375. The summed E-state index contributed by atoms with van der Waals surface area (Å²) in [7, 11) is 3.82. The van der Waals surface area contributed by atoms with Gasteiger partial charge in [-0.3, -0.25) is 9.69 Å². The Morgan fingerprint density at radius 1 is 1.07 bits per heavy atom. The fourth-order valence-electron chi connectivity index (χ4n) is 4.15. The van der Waals surface area contributed by atoms with Crippen LogP contribution in [0.2, 0.25) is 0 Å². The molecule has 0 unspecified atom stereocenters. The Bertz CT molecular complexity index is 999. The molecule has 0 radical (unpaired) electrons. The van der Waals surface area contributed by atoms with E-state index in [-0.39, 0.29) is 5.91 Å². The molecule has 1 aliphatic rings. The van der Waals surface area contributed by atoms with Crippen LogP contribution in [0.25, 0.3) is 22.3 Å². The first-order valence-corrected chi connectivity index (χ1v) is 10.6. The SMILES string of the molecule is CNC(=O)CN1CCC(CN(C)c2nc(-c3ccccc3)nc3ccccc23)CC1. The van der Waals surface area contributed by atoms with Crippen LogP contribution in [0.3, 0.4) is 0 Å². The molecule has 1 aliphatic heterocycles. The maximum Gasteiger partial charge on any atom is 0.233 e. The maximum atomic E-state index is 11.6. The van der Waals surface area contributed by atoms with Crippen molar-refractivity contribution < 1.29 is 4.79 Å². The zero-order valence-corrected chi connectivity index (χ0v) is 17.7. The molecule has 4 rings (SSSR count). The van der Waals surface area contributed by atoms with E-state index in [4.69, 9.17) is 9.97 Å². The van der Waals surface area contributed by atoms with Gasteiger partial charge in [0.1, 0.15) is 5.82 Å². The van der Waals surface area contributed by atoms with Gasteiger partial charge in [0.15, 0.2) is 5.82 Å². The summed E-state index contributed by atoms with van der Waals surface area (Å²) < 4.78 is 0. The Labute approximate surface area is 177 Å². The monoisotopic (exact) mass is 403 g/mol. The van der Waals surface area contributed by atoms with Crippen molar-refractivity contribution in [3.8, 4) is 11.4 Å². The lowest BCUT2D eigenvalue weighted by molar-refractivity contribution is -0.122. The summed E-state index contributed by atoms with van der Waals surface area (Å²) in [6, 6.07) is 18.4. The molecule has 0 saturated carbocycles. The second kappa shape index (κ2) is 9.22. The van der Waals surface area contributed by atoms with E-state index in [0.29, 0.717) is 12.5 Å². The van der Waals surface area contributed by atoms with Crippen molar-refractivity contribution in [1.29, 1.82) is 0 Å². The minimum Gasteiger partial charge on any atom is -0.359 e. The first-order chi connectivity index (χ1) is 14.6. The number of hydrogen-bond donors (Lipinski definition) is 1. The second-order valence-corrected chi connectivity index (χ2v) is 8.03. The molecule has 2 aromatic carbocycles. The van der Waals surface area contributed by atoms with Gasteiger partial charge in [-0.2, -0.15) is 0 Å². The van der Waals surface area contributed by atoms with Gasteiger partial charge in [-0.05, 0) is 44.0 Å². The molecule has 156 valence electrons. The number of fused-ring (bicyclic) bond motifs is 1. The average molecular weight is 404 g/mol. The summed E-state index contributed by atoms with van der Waals surface area (Å²) >= 11 is 0. The van der Waals surface area contributed by atoms with Crippen molar-refractivity contribution in [3.05, 3.63) is 54.6 Å². The third kappa shape index (κ3) is 4.60. The molecule has 0 spiro atoms. The van der Waals surface area contributed by atoms with Crippen molar-refractivity contribution in [2.75, 3.05) is 45.2 Å². The smallest absolute Gasteiger partial charge is 0.233 e. The minimum atomic E-state index is 0.0893. The van der Waals surface area contributed by atoms with Gasteiger partial charge in [-0.1, -0.05) is 42.5 Å². The molecule has 6 heteroatoms. The summed E-state index contributed by atoms with van der Waals surface area (Å²) in [4.78, 5) is 25.9. The molecule has 0 aliphatic carbocycles. The molecule has 0 bridgehead atoms. The molecular weight excluding hydrogens is 374 g/mol. The first kappa shape index (κ1) is 20.3. The lowest BCUT2D eigenvalue weighted by Gasteiger charge is -2.34. The van der Waals surface area contributed by atoms with Crippen LogP contribution in [0.15, 0.2) is 54.6 Å². The Hall–Kier alpha value is -2.99. The van der Waals surface area contributed by atoms with E-state index in [9.17, 15) is 4.79 Å². The van der Waals surface area contributed by atoms with Crippen LogP contribution in [-0.4, -0.2) is 61.0 Å². The molecule has 3 aromatic rings. The van der Waals surface area contributed by atoms with Crippen molar-refractivity contribution >= 4 is 22.6 Å². The highest BCUT2D eigenvalue weighted by molar-refractivity contribution is 5.91. The molecular formula is C24H29N5O. The van der Waals surface area contributed by atoms with Crippen LogP contribution in [0.4, 0.5) is 5.82 Å². The second-order valence-electron chi connectivity index (χ2n) is 8.03. The zero-order valence-electron chi connectivity index (χ0n) is 17.7. The summed E-state index contributed by atoms with van der Waals surface area (Å²) in [5.41, 5.74) is 1.99. The maximum absolute atomic E-state index is 11.6. The summed E-state index contributed by atoms with van der Waals surface area (Å²) in [6.45, 7) is 3.37. The highest BCUT2D eigenvalue weighted by Crippen LogP contribution is 2.28. The summed E-state index contributed by atoms with van der Waals surface area (Å²) in [5, 5.41) is 3.79. The number of rotatable bonds is 6. The molecule has 1 aromatic heterocycles. The van der Waals surface area contributed by atoms with Gasteiger partial charge in [0.05, 0.1) is 12.1 Å². The van der Waals surface area contributed by atoms with Crippen molar-refractivity contribution in [2.24, 2.45) is 5.92 Å². The number of anilines is 1. The van der Waals surface area contributed by atoms with Gasteiger partial charge in [0, 0.05) is 31.6 Å². The molecule has 0 atom stereocenters. The molecule has 1 amide bonds. The molecule has 1 saturated heterocycles. The van der Waals surface area contributed by atoms with Crippen LogP contribution < -0.4 is 10.2 Å². The zero-order chi connectivity index (χ0) is 20.9. The van der Waals surface area contributed by atoms with Gasteiger partial charge in [-0.25, -0.2) is 9.97 Å². The standard InChI is InChI=1S/C24H29N5O/c1-25-22(30)17-29-14-12-18(13-15-29)16-28(2)24-20-10-6-7-11-21(20)26-23(27-24)19-8-4-3-5-9-19/h3-11,18H,12-17H2,1-2H3,(H,25,30). The molecule has 6 nitrogen and oxygen atoms in total.